The molecule has 0 radical (unpaired) electrons. The van der Waals surface area contributed by atoms with Gasteiger partial charge in [-0.2, -0.15) is 0 Å². The average molecular weight is 630 g/mol. The predicted octanol–water partition coefficient (Wildman–Crippen LogP) is 6.73. The first-order chi connectivity index (χ1) is 21.4. The van der Waals surface area contributed by atoms with Gasteiger partial charge in [-0.05, 0) is 60.9 Å². The lowest BCUT2D eigenvalue weighted by Crippen LogP contribution is -2.29. The second-order valence-electron chi connectivity index (χ2n) is 10.2. The summed E-state index contributed by atoms with van der Waals surface area (Å²) in [4.78, 5) is 33.2. The number of aryl methyl sites for hydroxylation is 1. The van der Waals surface area contributed by atoms with E-state index in [-0.39, 0.29) is 22.3 Å². The highest BCUT2D eigenvalue weighted by Gasteiger charge is 2.49. The van der Waals surface area contributed by atoms with Crippen molar-refractivity contribution in [2.75, 3.05) is 11.5 Å². The molecule has 1 saturated heterocycles. The number of Topliss-reactive ketones (excluding diaryl/α,β-unsaturated/α-hetero) is 1. The number of halogens is 1. The lowest BCUT2D eigenvalue weighted by atomic mass is 9.96. The van der Waals surface area contributed by atoms with Crippen LogP contribution in [-0.4, -0.2) is 43.0 Å². The van der Waals surface area contributed by atoms with Crippen molar-refractivity contribution in [3.8, 4) is 5.75 Å². The fourth-order valence-electron chi connectivity index (χ4n) is 5.04. The maximum absolute atomic E-state index is 13.7. The third-order valence-electron chi connectivity index (χ3n) is 7.21. The molecule has 1 amide bonds. The number of anilines is 1. The fraction of sp³-hybridized carbons (Fsp3) is 0.219. The van der Waals surface area contributed by atoms with Gasteiger partial charge < -0.3 is 9.84 Å². The van der Waals surface area contributed by atoms with E-state index in [1.165, 1.54) is 28.8 Å². The number of nitrogens with zero attached hydrogens (tertiary/aromatic N) is 5. The topological polar surface area (TPSA) is 110 Å². The van der Waals surface area contributed by atoms with Gasteiger partial charge >= 0.3 is 5.91 Å². The molecule has 1 fully saturated rings. The number of carbonyl (C=O) groups is 2. The van der Waals surface area contributed by atoms with E-state index < -0.39 is 17.7 Å². The fourth-order valence-corrected chi connectivity index (χ4v) is 6.86. The molecule has 9 nitrogen and oxygen atoms in total. The van der Waals surface area contributed by atoms with Crippen molar-refractivity contribution in [1.29, 1.82) is 0 Å². The van der Waals surface area contributed by atoms with Crippen LogP contribution in [0.2, 0.25) is 0 Å². The van der Waals surface area contributed by atoms with Crippen LogP contribution in [0.5, 0.6) is 5.75 Å². The van der Waals surface area contributed by atoms with Crippen LogP contribution in [0.4, 0.5) is 9.52 Å². The Morgan fingerprint density at radius 1 is 1.07 bits per heavy atom. The number of hydrogen-bond acceptors (Lipinski definition) is 9. The highest BCUT2D eigenvalue weighted by Crippen LogP contribution is 2.44. The van der Waals surface area contributed by atoms with Crippen molar-refractivity contribution >= 4 is 51.3 Å². The molecule has 0 spiro atoms. The minimum Gasteiger partial charge on any atom is -0.505 e. The third-order valence-corrected chi connectivity index (χ3v) is 9.34. The second kappa shape index (κ2) is 12.6. The lowest BCUT2D eigenvalue weighted by molar-refractivity contribution is -0.132. The largest absolute Gasteiger partial charge is 0.505 e. The number of carbonyl (C=O) groups excluding carboxylic acids is 2. The summed E-state index contributed by atoms with van der Waals surface area (Å²) < 4.78 is 21.4. The number of ketones is 1. The number of fused-ring (bicyclic) bond motifs is 1. The Bertz CT molecular complexity index is 1870. The van der Waals surface area contributed by atoms with Crippen LogP contribution in [0, 0.1) is 12.7 Å². The molecule has 1 aliphatic heterocycles. The number of thioether (sulfide) groups is 1. The van der Waals surface area contributed by atoms with Gasteiger partial charge in [-0.3, -0.25) is 18.9 Å². The van der Waals surface area contributed by atoms with Crippen LogP contribution in [-0.2, 0) is 15.3 Å². The van der Waals surface area contributed by atoms with Crippen molar-refractivity contribution in [3.63, 3.8) is 0 Å². The van der Waals surface area contributed by atoms with E-state index >= 15 is 0 Å². The lowest BCUT2D eigenvalue weighted by Gasteiger charge is -2.22. The van der Waals surface area contributed by atoms with Crippen LogP contribution in [0.15, 0.2) is 82.8 Å². The summed E-state index contributed by atoms with van der Waals surface area (Å²) in [6.07, 6.45) is 3.66. The molecule has 0 bridgehead atoms. The molecule has 4 heterocycles. The van der Waals surface area contributed by atoms with Crippen molar-refractivity contribution < 1.29 is 23.8 Å². The van der Waals surface area contributed by atoms with Gasteiger partial charge in [0.05, 0.1) is 23.9 Å². The summed E-state index contributed by atoms with van der Waals surface area (Å²) in [6, 6.07) is 17.8. The minimum atomic E-state index is -0.976. The molecule has 224 valence electrons. The summed E-state index contributed by atoms with van der Waals surface area (Å²) in [5.41, 5.74) is 2.86. The number of amides is 1. The number of unbranched alkanes of at least 4 members (excludes halogenated alkanes) is 1. The number of ether oxygens (including phenoxy) is 1. The molecule has 3 aromatic heterocycles. The van der Waals surface area contributed by atoms with Crippen LogP contribution in [0.25, 0.3) is 11.4 Å². The quantitative estimate of drug-likeness (QED) is 0.0452. The summed E-state index contributed by atoms with van der Waals surface area (Å²) in [6.45, 7) is 4.40. The van der Waals surface area contributed by atoms with Crippen molar-refractivity contribution in [3.05, 3.63) is 107 Å². The Labute approximate surface area is 261 Å². The molecule has 12 heteroatoms. The van der Waals surface area contributed by atoms with Crippen LogP contribution < -0.4 is 9.64 Å². The molecule has 1 aliphatic rings. The number of benzene rings is 2. The SMILES string of the molecule is CCCCOc1ccc(C2/C(=C(\O)c3c(C)nc4ccccn34)C(=O)C(=O)N2c2nnc(SCc3ccc(F)cc3)s2)cc1. The highest BCUT2D eigenvalue weighted by atomic mass is 32.2. The van der Waals surface area contributed by atoms with Gasteiger partial charge in [-0.1, -0.05) is 66.8 Å². The van der Waals surface area contributed by atoms with E-state index in [1.54, 1.807) is 66.1 Å². The van der Waals surface area contributed by atoms with E-state index in [0.29, 0.717) is 45.0 Å². The van der Waals surface area contributed by atoms with Crippen LogP contribution in [0.1, 0.15) is 48.3 Å². The first-order valence-corrected chi connectivity index (χ1v) is 15.8. The van der Waals surface area contributed by atoms with Crippen molar-refractivity contribution in [1.82, 2.24) is 19.6 Å². The molecule has 6 rings (SSSR count). The van der Waals surface area contributed by atoms with Crippen molar-refractivity contribution in [2.24, 2.45) is 0 Å². The van der Waals surface area contributed by atoms with Gasteiger partial charge in [-0.25, -0.2) is 9.37 Å². The summed E-state index contributed by atoms with van der Waals surface area (Å²) in [5, 5.41) is 20.5. The molecule has 1 atom stereocenters. The van der Waals surface area contributed by atoms with E-state index in [2.05, 4.69) is 22.1 Å². The number of aliphatic hydroxyl groups is 1. The third kappa shape index (κ3) is 5.70. The molecule has 1 N–H and O–H groups in total. The van der Waals surface area contributed by atoms with Crippen molar-refractivity contribution in [2.45, 2.75) is 42.8 Å². The molecule has 5 aromatic rings. The van der Waals surface area contributed by atoms with E-state index in [0.717, 1.165) is 29.7 Å². The highest BCUT2D eigenvalue weighted by molar-refractivity contribution is 8.00. The second-order valence-corrected chi connectivity index (χ2v) is 12.4. The Kier molecular flexibility index (Phi) is 8.45. The maximum atomic E-state index is 13.7. The first-order valence-electron chi connectivity index (χ1n) is 14.0. The van der Waals surface area contributed by atoms with Gasteiger partial charge in [0.15, 0.2) is 10.1 Å². The Morgan fingerprint density at radius 3 is 2.59 bits per heavy atom. The number of pyridine rings is 1. The van der Waals surface area contributed by atoms with Gasteiger partial charge in [0, 0.05) is 11.9 Å². The number of rotatable bonds is 10. The number of imidazole rings is 1. The summed E-state index contributed by atoms with van der Waals surface area (Å²) in [5.74, 6) is -1.12. The standard InChI is InChI=1S/C32H28FN5O4S2/c1-3-4-17-42-23-14-10-21(11-15-23)27-25(28(39)26-19(2)34-24-7-5-6-16-37(24)26)29(40)30(41)38(27)31-35-36-32(44-31)43-18-20-8-12-22(33)13-9-20/h5-16,27,39H,3-4,17-18H2,1-2H3/b28-25+. The molecular weight excluding hydrogens is 602 g/mol. The number of aliphatic hydroxyl groups excluding tert-OH is 1. The predicted molar refractivity (Wildman–Crippen MR) is 167 cm³/mol. The van der Waals surface area contributed by atoms with Gasteiger partial charge in [0.25, 0.3) is 5.78 Å². The Hall–Kier alpha value is -4.55. The number of hydrogen-bond donors (Lipinski definition) is 1. The average Bonchev–Trinajstić information content (AvgIpc) is 3.70. The zero-order chi connectivity index (χ0) is 30.8. The number of aromatic nitrogens is 4. The zero-order valence-corrected chi connectivity index (χ0v) is 25.6. The molecule has 44 heavy (non-hydrogen) atoms. The molecule has 2 aromatic carbocycles. The first kappa shape index (κ1) is 29.5. The normalized spacial score (nSPS) is 16.2. The smallest absolute Gasteiger partial charge is 0.301 e. The van der Waals surface area contributed by atoms with Crippen LogP contribution >= 0.6 is 23.1 Å². The van der Waals surface area contributed by atoms with E-state index in [1.807, 2.05) is 6.07 Å². The molecular formula is C32H28FN5O4S2. The van der Waals surface area contributed by atoms with E-state index in [4.69, 9.17) is 4.74 Å². The Morgan fingerprint density at radius 2 is 1.84 bits per heavy atom. The maximum Gasteiger partial charge on any atom is 0.301 e. The molecule has 1 unspecified atom stereocenters. The Balaban J connectivity index is 1.40. The monoisotopic (exact) mass is 629 g/mol. The van der Waals surface area contributed by atoms with E-state index in [9.17, 15) is 19.1 Å². The summed E-state index contributed by atoms with van der Waals surface area (Å²) >= 11 is 2.55. The zero-order valence-electron chi connectivity index (χ0n) is 23.9. The van der Waals surface area contributed by atoms with Gasteiger partial charge in [0.2, 0.25) is 5.13 Å². The van der Waals surface area contributed by atoms with Gasteiger partial charge in [0.1, 0.15) is 22.9 Å². The van der Waals surface area contributed by atoms with Crippen LogP contribution in [0.3, 0.4) is 0 Å². The van der Waals surface area contributed by atoms with Gasteiger partial charge in [-0.15, -0.1) is 10.2 Å². The minimum absolute atomic E-state index is 0.0703. The molecule has 0 saturated carbocycles. The molecule has 0 aliphatic carbocycles. The summed E-state index contributed by atoms with van der Waals surface area (Å²) in [7, 11) is 0.